The molecule has 0 N–H and O–H groups in total. The van der Waals surface area contributed by atoms with Gasteiger partial charge in [0.15, 0.2) is 0 Å². The molecule has 0 heterocycles. The molecule has 1 nitrogen and oxygen atoms in total. The van der Waals surface area contributed by atoms with Gasteiger partial charge in [-0.1, -0.05) is 50.5 Å². The van der Waals surface area contributed by atoms with Gasteiger partial charge in [-0.2, -0.15) is 13.2 Å². The molecule has 0 fully saturated rings. The lowest BCUT2D eigenvalue weighted by Gasteiger charge is -2.31. The van der Waals surface area contributed by atoms with E-state index in [1.807, 2.05) is 6.92 Å². The summed E-state index contributed by atoms with van der Waals surface area (Å²) in [7, 11) is -3.16. The molecule has 1 aromatic carbocycles. The van der Waals surface area contributed by atoms with Gasteiger partial charge in [0, 0.05) is 0 Å². The Morgan fingerprint density at radius 1 is 1.20 bits per heavy atom. The predicted octanol–water partition coefficient (Wildman–Crippen LogP) is 7.00. The summed E-state index contributed by atoms with van der Waals surface area (Å²) in [5, 5.41) is 0. The lowest BCUT2D eigenvalue weighted by molar-refractivity contribution is -0.139. The highest BCUT2D eigenvalue weighted by Gasteiger charge is 2.39. The first-order valence-electron chi connectivity index (χ1n) is 8.72. The lowest BCUT2D eigenvalue weighted by atomic mass is 9.99. The van der Waals surface area contributed by atoms with Gasteiger partial charge in [0.1, 0.15) is 0 Å². The number of benzene rings is 1. The zero-order valence-electron chi connectivity index (χ0n) is 15.2. The van der Waals surface area contributed by atoms with Crippen LogP contribution in [-0.4, -0.2) is 14.1 Å². The summed E-state index contributed by atoms with van der Waals surface area (Å²) >= 11 is 0. The van der Waals surface area contributed by atoms with Crippen LogP contribution in [0.25, 0.3) is 0 Å². The van der Waals surface area contributed by atoms with Crippen LogP contribution in [0.4, 0.5) is 17.3 Å². The second-order valence-corrected chi connectivity index (χ2v) is 10.6. The van der Waals surface area contributed by atoms with Gasteiger partial charge < -0.3 is 8.84 Å². The van der Waals surface area contributed by atoms with E-state index in [1.54, 1.807) is 19.2 Å². The maximum atomic E-state index is 14.7. The highest BCUT2D eigenvalue weighted by molar-refractivity contribution is 6.71. The van der Waals surface area contributed by atoms with E-state index < -0.39 is 32.0 Å². The minimum Gasteiger partial charge on any atom is -0.370 e. The van der Waals surface area contributed by atoms with Crippen molar-refractivity contribution in [3.8, 4) is 0 Å². The fourth-order valence-corrected chi connectivity index (χ4v) is 4.17. The second kappa shape index (κ2) is 9.53. The largest absolute Gasteiger partial charge is 0.416 e. The van der Waals surface area contributed by atoms with E-state index in [0.717, 1.165) is 25.3 Å². The summed E-state index contributed by atoms with van der Waals surface area (Å²) in [6, 6.07) is 5.35. The summed E-state index contributed by atoms with van der Waals surface area (Å²) < 4.78 is 60.6. The zero-order valence-corrected chi connectivity index (χ0v) is 16.2. The van der Waals surface area contributed by atoms with Crippen molar-refractivity contribution in [3.63, 3.8) is 0 Å². The number of unbranched alkanes of at least 4 members (excludes halogenated alkanes) is 2. The Balaban J connectivity index is 3.12. The fourth-order valence-electron chi connectivity index (χ4n) is 2.79. The summed E-state index contributed by atoms with van der Waals surface area (Å²) in [6.45, 7) is 8.76. The quantitative estimate of drug-likeness (QED) is 0.140. The first-order valence-corrected chi connectivity index (χ1v) is 11.7. The van der Waals surface area contributed by atoms with Gasteiger partial charge in [0.2, 0.25) is 0 Å². The normalized spacial score (nSPS) is 15.0. The number of ether oxygens (including phenoxy) is 1. The fraction of sp³-hybridized carbons (Fsp3) is 0.579. The van der Waals surface area contributed by atoms with E-state index in [2.05, 4.69) is 6.58 Å². The molecule has 0 aliphatic rings. The molecule has 0 spiro atoms. The maximum absolute atomic E-state index is 14.7. The Morgan fingerprint density at radius 3 is 2.36 bits per heavy atom. The van der Waals surface area contributed by atoms with Crippen molar-refractivity contribution in [3.05, 3.63) is 48.0 Å². The average molecular weight is 377 g/mol. The molecule has 0 aliphatic heterocycles. The molecule has 0 aromatic heterocycles. The molecule has 25 heavy (non-hydrogen) atoms. The second-order valence-electron chi connectivity index (χ2n) is 6.78. The lowest BCUT2D eigenvalue weighted by Crippen LogP contribution is -2.40. The van der Waals surface area contributed by atoms with Gasteiger partial charge in [-0.3, -0.25) is 0 Å². The molecular formula is C19H28F4OSi. The van der Waals surface area contributed by atoms with E-state index in [0.29, 0.717) is 6.42 Å². The maximum Gasteiger partial charge on any atom is 0.416 e. The van der Waals surface area contributed by atoms with Crippen LogP contribution in [0.5, 0.6) is 0 Å². The Labute approximate surface area is 149 Å². The smallest absolute Gasteiger partial charge is 0.370 e. The molecule has 142 valence electrons. The zero-order chi connectivity index (χ0) is 19.1. The third-order valence-corrected chi connectivity index (χ3v) is 6.11. The van der Waals surface area contributed by atoms with Gasteiger partial charge in [0.05, 0.1) is 17.4 Å². The molecule has 0 bridgehead atoms. The molecule has 0 unspecified atom stereocenters. The standard InChI is InChI=1S/C19H28F4OSi/c1-5-7-8-14-18(25(3,4)23)24-17(11-6-2)15-12-9-10-13-16(15)19(20,21)22/h6,9-10,12-13,17-18H,2,5,7-8,11,14H2,1,3-4H3/t17-,18+/m1/s1. The van der Waals surface area contributed by atoms with Crippen LogP contribution in [0.1, 0.15) is 56.3 Å². The number of alkyl halides is 3. The Hall–Kier alpha value is -1.14. The third-order valence-electron chi connectivity index (χ3n) is 4.16. The van der Waals surface area contributed by atoms with Gasteiger partial charge in [-0.05, 0) is 37.6 Å². The van der Waals surface area contributed by atoms with Crippen molar-refractivity contribution in [2.45, 2.75) is 70.1 Å². The highest BCUT2D eigenvalue weighted by atomic mass is 28.4. The Bertz CT molecular complexity index is 537. The average Bonchev–Trinajstić information content (AvgIpc) is 2.51. The highest BCUT2D eigenvalue weighted by Crippen LogP contribution is 2.38. The van der Waals surface area contributed by atoms with Crippen LogP contribution in [0.3, 0.4) is 0 Å². The van der Waals surface area contributed by atoms with E-state index in [4.69, 9.17) is 4.74 Å². The van der Waals surface area contributed by atoms with Gasteiger partial charge >= 0.3 is 6.18 Å². The van der Waals surface area contributed by atoms with E-state index in [9.17, 15) is 17.3 Å². The molecule has 0 saturated carbocycles. The topological polar surface area (TPSA) is 9.23 Å². The molecule has 1 aromatic rings. The molecule has 1 rings (SSSR count). The first kappa shape index (κ1) is 21.9. The van der Waals surface area contributed by atoms with E-state index in [1.165, 1.54) is 18.2 Å². The predicted molar refractivity (Wildman–Crippen MR) is 96.6 cm³/mol. The first-order chi connectivity index (χ1) is 11.6. The minimum atomic E-state index is -4.47. The number of rotatable bonds is 10. The third kappa shape index (κ3) is 6.94. The monoisotopic (exact) mass is 376 g/mol. The van der Waals surface area contributed by atoms with Crippen LogP contribution < -0.4 is 0 Å². The summed E-state index contributed by atoms with van der Waals surface area (Å²) in [5.41, 5.74) is -1.31. The van der Waals surface area contributed by atoms with E-state index >= 15 is 0 Å². The Morgan fingerprint density at radius 2 is 1.84 bits per heavy atom. The van der Waals surface area contributed by atoms with Crippen LogP contribution in [0.2, 0.25) is 13.1 Å². The van der Waals surface area contributed by atoms with Crippen molar-refractivity contribution < 1.29 is 22.0 Å². The molecule has 0 amide bonds. The van der Waals surface area contributed by atoms with Gasteiger partial charge in [-0.15, -0.1) is 6.58 Å². The van der Waals surface area contributed by atoms with Crippen LogP contribution in [-0.2, 0) is 10.9 Å². The van der Waals surface area contributed by atoms with Crippen LogP contribution >= 0.6 is 0 Å². The van der Waals surface area contributed by atoms with Gasteiger partial charge in [-0.25, -0.2) is 0 Å². The van der Waals surface area contributed by atoms with Crippen molar-refractivity contribution in [2.24, 2.45) is 0 Å². The molecule has 0 saturated heterocycles. The molecule has 0 aliphatic carbocycles. The molecule has 6 heteroatoms. The summed E-state index contributed by atoms with van der Waals surface area (Å²) in [6.07, 6.45) is -0.294. The van der Waals surface area contributed by atoms with Crippen molar-refractivity contribution in [2.75, 3.05) is 0 Å². The van der Waals surface area contributed by atoms with Crippen molar-refractivity contribution in [1.29, 1.82) is 0 Å². The number of halogens is 4. The molecular weight excluding hydrogens is 348 g/mol. The SMILES string of the molecule is C=CC[C@@H](O[C@H](CCCCC)[Si](C)(C)F)c1ccccc1C(F)(F)F. The van der Waals surface area contributed by atoms with Crippen LogP contribution in [0, 0.1) is 0 Å². The number of hydrogen-bond acceptors (Lipinski definition) is 1. The van der Waals surface area contributed by atoms with Gasteiger partial charge in [0.25, 0.3) is 8.41 Å². The number of hydrogen-bond donors (Lipinski definition) is 0. The molecule has 2 atom stereocenters. The summed E-state index contributed by atoms with van der Waals surface area (Å²) in [4.78, 5) is 0. The van der Waals surface area contributed by atoms with Crippen molar-refractivity contribution in [1.82, 2.24) is 0 Å². The minimum absolute atomic E-state index is 0.0497. The van der Waals surface area contributed by atoms with E-state index in [-0.39, 0.29) is 12.0 Å². The summed E-state index contributed by atoms with van der Waals surface area (Å²) in [5.74, 6) is 0. The Kier molecular flexibility index (Phi) is 8.34. The van der Waals surface area contributed by atoms with Crippen molar-refractivity contribution >= 4 is 8.41 Å². The van der Waals surface area contributed by atoms with Crippen LogP contribution in [0.15, 0.2) is 36.9 Å². The molecule has 0 radical (unpaired) electrons.